The van der Waals surface area contributed by atoms with Gasteiger partial charge in [-0.2, -0.15) is 0 Å². The van der Waals surface area contributed by atoms with Crippen LogP contribution in [0.3, 0.4) is 0 Å². The quantitative estimate of drug-likeness (QED) is 0.617. The molecule has 0 unspecified atom stereocenters. The highest BCUT2D eigenvalue weighted by molar-refractivity contribution is 6.12. The van der Waals surface area contributed by atoms with Gasteiger partial charge in [-0.05, 0) is 29.0 Å². The molecule has 2 aromatic carbocycles. The van der Waals surface area contributed by atoms with Gasteiger partial charge in [0.25, 0.3) is 5.91 Å². The van der Waals surface area contributed by atoms with Gasteiger partial charge in [0.1, 0.15) is 5.69 Å². The Bertz CT molecular complexity index is 1070. The SMILES string of the molecule is COc1ccc(N(C)C(=O)c2cc3c(ccc4ccccc43)[nH]2)cn1. The van der Waals surface area contributed by atoms with Gasteiger partial charge >= 0.3 is 0 Å². The Morgan fingerprint density at radius 3 is 2.68 bits per heavy atom. The molecule has 4 rings (SSSR count). The molecule has 0 aliphatic carbocycles. The van der Waals surface area contributed by atoms with Crippen molar-refractivity contribution in [3.63, 3.8) is 0 Å². The molecule has 124 valence electrons. The fourth-order valence-electron chi connectivity index (χ4n) is 2.99. The van der Waals surface area contributed by atoms with Crippen LogP contribution < -0.4 is 9.64 Å². The minimum atomic E-state index is -0.118. The number of carbonyl (C=O) groups excluding carboxylic acids is 1. The lowest BCUT2D eigenvalue weighted by atomic mass is 10.1. The van der Waals surface area contributed by atoms with E-state index in [1.807, 2.05) is 30.3 Å². The second-order valence-electron chi connectivity index (χ2n) is 5.85. The van der Waals surface area contributed by atoms with E-state index in [-0.39, 0.29) is 5.91 Å². The van der Waals surface area contributed by atoms with Gasteiger partial charge in [-0.1, -0.05) is 30.3 Å². The molecule has 2 heterocycles. The van der Waals surface area contributed by atoms with Crippen molar-refractivity contribution in [3.8, 4) is 5.88 Å². The molecule has 2 aromatic heterocycles. The van der Waals surface area contributed by atoms with Crippen molar-refractivity contribution >= 4 is 33.3 Å². The normalized spacial score (nSPS) is 11.0. The molecule has 1 N–H and O–H groups in total. The van der Waals surface area contributed by atoms with E-state index in [1.54, 1.807) is 31.3 Å². The van der Waals surface area contributed by atoms with Crippen LogP contribution in [-0.2, 0) is 0 Å². The van der Waals surface area contributed by atoms with Gasteiger partial charge in [0.2, 0.25) is 5.88 Å². The number of hydrogen-bond acceptors (Lipinski definition) is 3. The first-order valence-corrected chi connectivity index (χ1v) is 7.96. The number of benzene rings is 2. The van der Waals surface area contributed by atoms with Crippen LogP contribution in [0.15, 0.2) is 60.8 Å². The van der Waals surface area contributed by atoms with E-state index in [2.05, 4.69) is 28.2 Å². The summed E-state index contributed by atoms with van der Waals surface area (Å²) < 4.78 is 5.05. The summed E-state index contributed by atoms with van der Waals surface area (Å²) in [6, 6.07) is 17.7. The topological polar surface area (TPSA) is 58.2 Å². The summed E-state index contributed by atoms with van der Waals surface area (Å²) in [5.74, 6) is 0.397. The minimum Gasteiger partial charge on any atom is -0.481 e. The summed E-state index contributed by atoms with van der Waals surface area (Å²) >= 11 is 0. The molecule has 5 heteroatoms. The second-order valence-corrected chi connectivity index (χ2v) is 5.85. The molecule has 0 saturated carbocycles. The van der Waals surface area contributed by atoms with Crippen molar-refractivity contribution in [1.82, 2.24) is 9.97 Å². The third-order valence-corrected chi connectivity index (χ3v) is 4.38. The lowest BCUT2D eigenvalue weighted by molar-refractivity contribution is 0.0989. The number of methoxy groups -OCH3 is 1. The lowest BCUT2D eigenvalue weighted by Crippen LogP contribution is -2.26. The van der Waals surface area contributed by atoms with Gasteiger partial charge in [-0.25, -0.2) is 4.98 Å². The van der Waals surface area contributed by atoms with Crippen LogP contribution in [-0.4, -0.2) is 30.0 Å². The molecule has 4 aromatic rings. The zero-order valence-corrected chi connectivity index (χ0v) is 14.0. The fraction of sp³-hybridized carbons (Fsp3) is 0.100. The van der Waals surface area contributed by atoms with Gasteiger partial charge in [-0.15, -0.1) is 0 Å². The van der Waals surface area contributed by atoms with Crippen LogP contribution >= 0.6 is 0 Å². The molecule has 0 spiro atoms. The van der Waals surface area contributed by atoms with E-state index < -0.39 is 0 Å². The number of anilines is 1. The van der Waals surface area contributed by atoms with E-state index in [0.717, 1.165) is 21.7 Å². The third-order valence-electron chi connectivity index (χ3n) is 4.38. The first kappa shape index (κ1) is 15.2. The molecule has 0 fully saturated rings. The zero-order valence-electron chi connectivity index (χ0n) is 14.0. The molecule has 5 nitrogen and oxygen atoms in total. The lowest BCUT2D eigenvalue weighted by Gasteiger charge is -2.16. The maximum absolute atomic E-state index is 12.8. The predicted octanol–water partition coefficient (Wildman–Crippen LogP) is 4.00. The summed E-state index contributed by atoms with van der Waals surface area (Å²) in [4.78, 5) is 21.8. The molecule has 0 aliphatic rings. The Hall–Kier alpha value is -3.34. The van der Waals surface area contributed by atoms with Crippen LogP contribution in [0.5, 0.6) is 5.88 Å². The average Bonchev–Trinajstić information content (AvgIpc) is 3.11. The summed E-state index contributed by atoms with van der Waals surface area (Å²) in [6.45, 7) is 0. The van der Waals surface area contributed by atoms with E-state index in [9.17, 15) is 4.79 Å². The van der Waals surface area contributed by atoms with Crippen LogP contribution in [0.4, 0.5) is 5.69 Å². The molecule has 0 saturated heterocycles. The number of carbonyl (C=O) groups is 1. The van der Waals surface area contributed by atoms with E-state index in [4.69, 9.17) is 4.74 Å². The van der Waals surface area contributed by atoms with Gasteiger partial charge in [-0.3, -0.25) is 4.79 Å². The maximum Gasteiger partial charge on any atom is 0.274 e. The molecule has 25 heavy (non-hydrogen) atoms. The van der Waals surface area contributed by atoms with E-state index >= 15 is 0 Å². The number of pyridine rings is 1. The highest BCUT2D eigenvalue weighted by atomic mass is 16.5. The summed E-state index contributed by atoms with van der Waals surface area (Å²) in [7, 11) is 3.29. The number of fused-ring (bicyclic) bond motifs is 3. The number of aromatic amines is 1. The van der Waals surface area contributed by atoms with Crippen LogP contribution in [0.1, 0.15) is 10.5 Å². The van der Waals surface area contributed by atoms with Crippen molar-refractivity contribution in [3.05, 3.63) is 66.5 Å². The number of rotatable bonds is 3. The number of ether oxygens (including phenoxy) is 1. The zero-order chi connectivity index (χ0) is 17.4. The number of hydrogen-bond donors (Lipinski definition) is 1. The highest BCUT2D eigenvalue weighted by Gasteiger charge is 2.17. The Morgan fingerprint density at radius 1 is 1.08 bits per heavy atom. The standard InChI is InChI=1S/C20H17N3O2/c1-23(14-8-10-19(25-2)21-12-14)20(24)18-11-16-15-6-4-3-5-13(15)7-9-17(16)22-18/h3-12,22H,1-2H3. The van der Waals surface area contributed by atoms with E-state index in [1.165, 1.54) is 0 Å². The Labute approximate surface area is 144 Å². The Morgan fingerprint density at radius 2 is 1.92 bits per heavy atom. The third kappa shape index (κ3) is 2.59. The largest absolute Gasteiger partial charge is 0.481 e. The van der Waals surface area contributed by atoms with Crippen molar-refractivity contribution in [1.29, 1.82) is 0 Å². The molecule has 0 bridgehead atoms. The average molecular weight is 331 g/mol. The minimum absolute atomic E-state index is 0.118. The summed E-state index contributed by atoms with van der Waals surface area (Å²) in [5.41, 5.74) is 2.20. The van der Waals surface area contributed by atoms with Crippen LogP contribution in [0, 0.1) is 0 Å². The predicted molar refractivity (Wildman–Crippen MR) is 99.3 cm³/mol. The van der Waals surface area contributed by atoms with Crippen molar-refractivity contribution in [2.75, 3.05) is 19.1 Å². The number of nitrogens with zero attached hydrogens (tertiary/aromatic N) is 2. The number of H-pyrrole nitrogens is 1. The van der Waals surface area contributed by atoms with Gasteiger partial charge in [0.05, 0.1) is 19.0 Å². The number of nitrogens with one attached hydrogen (secondary N) is 1. The highest BCUT2D eigenvalue weighted by Crippen LogP contribution is 2.27. The molecular weight excluding hydrogens is 314 g/mol. The summed E-state index contributed by atoms with van der Waals surface area (Å²) in [6.07, 6.45) is 1.62. The molecule has 0 atom stereocenters. The van der Waals surface area contributed by atoms with Crippen molar-refractivity contribution in [2.45, 2.75) is 0 Å². The Kier molecular flexibility index (Phi) is 3.61. The second kappa shape index (κ2) is 5.94. The van der Waals surface area contributed by atoms with Crippen molar-refractivity contribution in [2.24, 2.45) is 0 Å². The number of aromatic nitrogens is 2. The van der Waals surface area contributed by atoms with Crippen LogP contribution in [0.25, 0.3) is 21.7 Å². The van der Waals surface area contributed by atoms with Crippen molar-refractivity contribution < 1.29 is 9.53 Å². The van der Waals surface area contributed by atoms with Gasteiger partial charge in [0.15, 0.2) is 0 Å². The first-order chi connectivity index (χ1) is 12.2. The molecule has 1 amide bonds. The maximum atomic E-state index is 12.8. The summed E-state index contributed by atoms with van der Waals surface area (Å²) in [5, 5.41) is 3.33. The number of amides is 1. The molecule has 0 radical (unpaired) electrons. The van der Waals surface area contributed by atoms with Gasteiger partial charge in [0, 0.05) is 24.0 Å². The Balaban J connectivity index is 1.72. The fourth-order valence-corrected chi connectivity index (χ4v) is 2.99. The molecular formula is C20H17N3O2. The van der Waals surface area contributed by atoms with E-state index in [0.29, 0.717) is 17.3 Å². The van der Waals surface area contributed by atoms with Crippen LogP contribution in [0.2, 0.25) is 0 Å². The molecule has 0 aliphatic heterocycles. The smallest absolute Gasteiger partial charge is 0.274 e. The van der Waals surface area contributed by atoms with Gasteiger partial charge < -0.3 is 14.6 Å². The first-order valence-electron chi connectivity index (χ1n) is 7.96. The monoisotopic (exact) mass is 331 g/mol.